The van der Waals surface area contributed by atoms with Gasteiger partial charge < -0.3 is 5.11 Å². The Morgan fingerprint density at radius 3 is 2.62 bits per heavy atom. The van der Waals surface area contributed by atoms with Gasteiger partial charge in [0.15, 0.2) is 0 Å². The summed E-state index contributed by atoms with van der Waals surface area (Å²) in [5.74, 6) is -0.200. The van der Waals surface area contributed by atoms with Gasteiger partial charge in [0.05, 0.1) is 5.69 Å². The predicted octanol–water partition coefficient (Wildman–Crippen LogP) is 1.45. The van der Waals surface area contributed by atoms with Crippen molar-refractivity contribution in [1.29, 1.82) is 0 Å². The van der Waals surface area contributed by atoms with Gasteiger partial charge in [-0.1, -0.05) is 11.6 Å². The van der Waals surface area contributed by atoms with Crippen LogP contribution < -0.4 is 9.44 Å². The minimum Gasteiger partial charge on any atom is -0.506 e. The number of benzene rings is 1. The highest BCUT2D eigenvalue weighted by molar-refractivity contribution is 7.90. The minimum absolute atomic E-state index is 0.0203. The molecule has 1 aromatic carbocycles. The lowest BCUT2D eigenvalue weighted by Crippen LogP contribution is -2.31. The van der Waals surface area contributed by atoms with Crippen molar-refractivity contribution in [1.82, 2.24) is 4.72 Å². The molecule has 0 aliphatic heterocycles. The summed E-state index contributed by atoms with van der Waals surface area (Å²) in [6, 6.07) is 4.20. The van der Waals surface area contributed by atoms with E-state index in [4.69, 9.17) is 11.6 Å². The Balaban J connectivity index is 2.13. The third-order valence-corrected chi connectivity index (χ3v) is 3.47. The number of hydrogen-bond acceptors (Lipinski definition) is 3. The number of nitrogens with one attached hydrogen (secondary N) is 2. The minimum atomic E-state index is -3.61. The topological polar surface area (TPSA) is 78.4 Å². The molecule has 3 N–H and O–H groups in total. The lowest BCUT2D eigenvalue weighted by molar-refractivity contribution is 0.477. The second-order valence-electron chi connectivity index (χ2n) is 3.66. The van der Waals surface area contributed by atoms with E-state index in [0.29, 0.717) is 5.02 Å². The van der Waals surface area contributed by atoms with Crippen molar-refractivity contribution in [2.24, 2.45) is 0 Å². The van der Waals surface area contributed by atoms with Gasteiger partial charge in [0, 0.05) is 17.1 Å². The first-order valence-electron chi connectivity index (χ1n) is 4.75. The maximum absolute atomic E-state index is 11.5. The molecule has 0 atom stereocenters. The van der Waals surface area contributed by atoms with E-state index in [1.165, 1.54) is 18.2 Å². The molecule has 0 heterocycles. The largest absolute Gasteiger partial charge is 0.506 e. The zero-order chi connectivity index (χ0) is 11.8. The highest BCUT2D eigenvalue weighted by Crippen LogP contribution is 2.27. The average Bonchev–Trinajstić information content (AvgIpc) is 2.93. The van der Waals surface area contributed by atoms with Crippen molar-refractivity contribution in [3.63, 3.8) is 0 Å². The van der Waals surface area contributed by atoms with Crippen molar-refractivity contribution in [3.8, 4) is 5.75 Å². The highest BCUT2D eigenvalue weighted by atomic mass is 35.5. The van der Waals surface area contributed by atoms with Crippen LogP contribution in [-0.2, 0) is 10.2 Å². The zero-order valence-electron chi connectivity index (χ0n) is 8.27. The van der Waals surface area contributed by atoms with Crippen LogP contribution >= 0.6 is 11.6 Å². The maximum Gasteiger partial charge on any atom is 0.299 e. The van der Waals surface area contributed by atoms with Gasteiger partial charge in [-0.25, -0.2) is 0 Å². The van der Waals surface area contributed by atoms with Crippen molar-refractivity contribution in [3.05, 3.63) is 23.2 Å². The molecule has 2 rings (SSSR count). The molecule has 1 aromatic rings. The number of aromatic hydroxyl groups is 1. The SMILES string of the molecule is O=S(=O)(Nc1ccc(Cl)cc1O)NC1CC1. The molecule has 1 aliphatic carbocycles. The smallest absolute Gasteiger partial charge is 0.299 e. The molecular weight excluding hydrogens is 252 g/mol. The Morgan fingerprint density at radius 2 is 2.06 bits per heavy atom. The first kappa shape index (κ1) is 11.5. The summed E-state index contributed by atoms with van der Waals surface area (Å²) in [6.45, 7) is 0. The Kier molecular flexibility index (Phi) is 2.96. The molecule has 88 valence electrons. The van der Waals surface area contributed by atoms with E-state index in [-0.39, 0.29) is 17.5 Å². The number of halogens is 1. The van der Waals surface area contributed by atoms with E-state index in [9.17, 15) is 13.5 Å². The van der Waals surface area contributed by atoms with Gasteiger partial charge in [0.1, 0.15) is 5.75 Å². The van der Waals surface area contributed by atoms with Crippen LogP contribution in [0.2, 0.25) is 5.02 Å². The standard InChI is InChI=1S/C9H11ClN2O3S/c10-6-1-4-8(9(13)5-6)12-16(14,15)11-7-2-3-7/h1,4-5,7,11-13H,2-3H2. The monoisotopic (exact) mass is 262 g/mol. The lowest BCUT2D eigenvalue weighted by Gasteiger charge is -2.09. The van der Waals surface area contributed by atoms with Crippen LogP contribution in [-0.4, -0.2) is 19.6 Å². The summed E-state index contributed by atoms with van der Waals surface area (Å²) >= 11 is 5.63. The molecule has 0 amide bonds. The van der Waals surface area contributed by atoms with Crippen LogP contribution in [0.3, 0.4) is 0 Å². The number of hydrogen-bond donors (Lipinski definition) is 3. The number of phenols is 1. The maximum atomic E-state index is 11.5. The average molecular weight is 263 g/mol. The first-order valence-corrected chi connectivity index (χ1v) is 6.61. The Morgan fingerprint density at radius 1 is 1.38 bits per heavy atom. The molecule has 16 heavy (non-hydrogen) atoms. The van der Waals surface area contributed by atoms with Gasteiger partial charge in [-0.2, -0.15) is 13.1 Å². The van der Waals surface area contributed by atoms with E-state index >= 15 is 0 Å². The summed E-state index contributed by atoms with van der Waals surface area (Å²) in [6.07, 6.45) is 1.71. The molecule has 5 nitrogen and oxygen atoms in total. The molecule has 1 fully saturated rings. The van der Waals surface area contributed by atoms with E-state index in [0.717, 1.165) is 12.8 Å². The van der Waals surface area contributed by atoms with Gasteiger partial charge in [-0.05, 0) is 25.0 Å². The van der Waals surface area contributed by atoms with Crippen molar-refractivity contribution >= 4 is 27.5 Å². The van der Waals surface area contributed by atoms with E-state index in [1.807, 2.05) is 0 Å². The van der Waals surface area contributed by atoms with Gasteiger partial charge in [-0.15, -0.1) is 0 Å². The molecule has 0 saturated heterocycles. The van der Waals surface area contributed by atoms with Gasteiger partial charge in [0.2, 0.25) is 0 Å². The molecule has 0 bridgehead atoms. The van der Waals surface area contributed by atoms with Crippen LogP contribution in [0.15, 0.2) is 18.2 Å². The van der Waals surface area contributed by atoms with Crippen molar-refractivity contribution in [2.75, 3.05) is 4.72 Å². The summed E-state index contributed by atoms with van der Waals surface area (Å²) in [7, 11) is -3.61. The van der Waals surface area contributed by atoms with Crippen LogP contribution in [0.25, 0.3) is 0 Å². The molecule has 0 radical (unpaired) electrons. The van der Waals surface area contributed by atoms with Crippen LogP contribution in [0.5, 0.6) is 5.75 Å². The Bertz CT molecular complexity index is 499. The fraction of sp³-hybridized carbons (Fsp3) is 0.333. The van der Waals surface area contributed by atoms with Crippen LogP contribution in [0.1, 0.15) is 12.8 Å². The third kappa shape index (κ3) is 3.01. The molecule has 7 heteroatoms. The Hall–Kier alpha value is -0.980. The van der Waals surface area contributed by atoms with Gasteiger partial charge >= 0.3 is 0 Å². The van der Waals surface area contributed by atoms with E-state index < -0.39 is 10.2 Å². The van der Waals surface area contributed by atoms with Crippen LogP contribution in [0, 0.1) is 0 Å². The molecule has 0 spiro atoms. The summed E-state index contributed by atoms with van der Waals surface area (Å²) < 4.78 is 27.7. The molecular formula is C9H11ClN2O3S. The summed E-state index contributed by atoms with van der Waals surface area (Å²) in [5, 5.41) is 9.81. The number of phenolic OH excluding ortho intramolecular Hbond substituents is 1. The van der Waals surface area contributed by atoms with Gasteiger partial charge in [-0.3, -0.25) is 4.72 Å². The Labute approximate surface area is 98.6 Å². The molecule has 0 aromatic heterocycles. The van der Waals surface area contributed by atoms with Gasteiger partial charge in [0.25, 0.3) is 10.2 Å². The first-order chi connectivity index (χ1) is 7.46. The van der Waals surface area contributed by atoms with E-state index in [2.05, 4.69) is 9.44 Å². The quantitative estimate of drug-likeness (QED) is 0.719. The lowest BCUT2D eigenvalue weighted by atomic mass is 10.3. The second kappa shape index (κ2) is 4.12. The number of rotatable bonds is 4. The van der Waals surface area contributed by atoms with E-state index in [1.54, 1.807) is 0 Å². The van der Waals surface area contributed by atoms with Crippen molar-refractivity contribution < 1.29 is 13.5 Å². The highest BCUT2D eigenvalue weighted by Gasteiger charge is 2.27. The molecule has 1 saturated carbocycles. The second-order valence-corrected chi connectivity index (χ2v) is 5.54. The fourth-order valence-corrected chi connectivity index (χ4v) is 2.55. The normalized spacial score (nSPS) is 16.1. The predicted molar refractivity (Wildman–Crippen MR) is 61.8 cm³/mol. The molecule has 0 unspecified atom stereocenters. The summed E-state index contributed by atoms with van der Waals surface area (Å²) in [4.78, 5) is 0. The van der Waals surface area contributed by atoms with Crippen LogP contribution in [0.4, 0.5) is 5.69 Å². The third-order valence-electron chi connectivity index (χ3n) is 2.10. The summed E-state index contributed by atoms with van der Waals surface area (Å²) in [5.41, 5.74) is 0.109. The van der Waals surface area contributed by atoms with Crippen molar-refractivity contribution in [2.45, 2.75) is 18.9 Å². The molecule has 1 aliphatic rings. The zero-order valence-corrected chi connectivity index (χ0v) is 9.85. The number of anilines is 1. The fourth-order valence-electron chi connectivity index (χ4n) is 1.19.